The number of hydrogen-bond donors (Lipinski definition) is 0. The third-order valence-corrected chi connectivity index (χ3v) is 7.94. The zero-order valence-corrected chi connectivity index (χ0v) is 26.8. The van der Waals surface area contributed by atoms with Crippen LogP contribution in [-0.2, 0) is 0 Å². The summed E-state index contributed by atoms with van der Waals surface area (Å²) in [6.07, 6.45) is 34.8. The molecule has 0 aliphatic carbocycles. The molecular weight excluding hydrogens is 525 g/mol. The molecule has 0 aromatic heterocycles. The van der Waals surface area contributed by atoms with Crippen molar-refractivity contribution in [1.82, 2.24) is 0 Å². The second-order valence-corrected chi connectivity index (χ2v) is 11.3. The van der Waals surface area contributed by atoms with Crippen molar-refractivity contribution in [3.05, 3.63) is 0 Å². The molecule has 0 rings (SSSR count). The predicted molar refractivity (Wildman–Crippen MR) is 153 cm³/mol. The van der Waals surface area contributed by atoms with Gasteiger partial charge in [0.1, 0.15) is 0 Å². The molecule has 0 unspecified atom stereocenters. The van der Waals surface area contributed by atoms with Gasteiger partial charge in [0.05, 0.1) is 26.2 Å². The van der Waals surface area contributed by atoms with Gasteiger partial charge in [-0.25, -0.2) is 0 Å². The average Bonchev–Trinajstić information content (AvgIpc) is 2.82. The Hall–Kier alpha value is 0.690. The Labute approximate surface area is 235 Å². The van der Waals surface area contributed by atoms with Crippen LogP contribution in [0, 0.1) is 0 Å². The molecule has 0 fully saturated rings. The average molecular weight is 594 g/mol. The van der Waals surface area contributed by atoms with Crippen LogP contribution in [0.3, 0.4) is 0 Å². The van der Waals surface area contributed by atoms with Crippen LogP contribution >= 0.6 is 0 Å². The Balaban J connectivity index is 0. The molecule has 0 bridgehead atoms. The zero-order chi connectivity index (χ0) is 24.3. The van der Waals surface area contributed by atoms with Gasteiger partial charge in [-0.15, -0.1) is 0 Å². The van der Waals surface area contributed by atoms with E-state index in [9.17, 15) is 0 Å². The van der Waals surface area contributed by atoms with Crippen LogP contribution in [0.4, 0.5) is 0 Å². The van der Waals surface area contributed by atoms with Crippen LogP contribution in [0.1, 0.15) is 182 Å². The van der Waals surface area contributed by atoms with Gasteiger partial charge in [0.15, 0.2) is 0 Å². The van der Waals surface area contributed by atoms with Crippen molar-refractivity contribution >= 4 is 0 Å². The normalized spacial score (nSPS) is 11.6. The van der Waals surface area contributed by atoms with E-state index in [-0.39, 0.29) is 24.0 Å². The maximum absolute atomic E-state index is 2.34. The van der Waals surface area contributed by atoms with Crippen LogP contribution in [0.25, 0.3) is 0 Å². The number of unbranched alkanes of at least 4 members (excludes halogenated alkanes) is 20. The van der Waals surface area contributed by atoms with E-state index in [1.807, 2.05) is 0 Å². The van der Waals surface area contributed by atoms with Crippen LogP contribution < -0.4 is 24.0 Å². The fourth-order valence-corrected chi connectivity index (χ4v) is 5.58. The summed E-state index contributed by atoms with van der Waals surface area (Å²) < 4.78 is 1.47. The quantitative estimate of drug-likeness (QED) is 0.0487. The summed E-state index contributed by atoms with van der Waals surface area (Å²) in [5.74, 6) is 0. The summed E-state index contributed by atoms with van der Waals surface area (Å²) >= 11 is 0. The van der Waals surface area contributed by atoms with Crippen molar-refractivity contribution in [3.8, 4) is 0 Å². The number of quaternary nitrogens is 1. The first-order chi connectivity index (χ1) is 16.2. The molecule has 208 valence electrons. The summed E-state index contributed by atoms with van der Waals surface area (Å²) in [6.45, 7) is 15.3. The lowest BCUT2D eigenvalue weighted by molar-refractivity contribution is -0.929. The van der Waals surface area contributed by atoms with Crippen molar-refractivity contribution < 1.29 is 28.5 Å². The first-order valence-corrected chi connectivity index (χ1v) is 16.1. The smallest absolute Gasteiger partial charge is 0.0786 e. The molecule has 34 heavy (non-hydrogen) atoms. The lowest BCUT2D eigenvalue weighted by atomic mass is 10.0. The highest BCUT2D eigenvalue weighted by atomic mass is 127. The van der Waals surface area contributed by atoms with Gasteiger partial charge in [-0.05, 0) is 51.4 Å². The summed E-state index contributed by atoms with van der Waals surface area (Å²) in [5.41, 5.74) is 0. The van der Waals surface area contributed by atoms with E-state index in [1.165, 1.54) is 185 Å². The molecule has 0 aliphatic heterocycles. The molecule has 0 aromatic carbocycles. The molecule has 0 spiro atoms. The molecule has 0 amide bonds. The number of rotatable bonds is 28. The van der Waals surface area contributed by atoms with Crippen molar-refractivity contribution in [1.29, 1.82) is 0 Å². The van der Waals surface area contributed by atoms with E-state index in [0.717, 1.165) is 0 Å². The van der Waals surface area contributed by atoms with Gasteiger partial charge >= 0.3 is 0 Å². The van der Waals surface area contributed by atoms with Crippen molar-refractivity contribution in [3.63, 3.8) is 0 Å². The second-order valence-electron chi connectivity index (χ2n) is 11.3. The van der Waals surface area contributed by atoms with E-state index >= 15 is 0 Å². The minimum Gasteiger partial charge on any atom is -1.00 e. The molecule has 0 radical (unpaired) electrons. The SMILES string of the molecule is CCCCCCCCCCC[N+](CCCCCCC)(CCCCCCC)CCCCCCC.[I-]. The predicted octanol–water partition coefficient (Wildman–Crippen LogP) is 8.25. The summed E-state index contributed by atoms with van der Waals surface area (Å²) in [5, 5.41) is 0. The van der Waals surface area contributed by atoms with Crippen molar-refractivity contribution in [2.24, 2.45) is 0 Å². The lowest BCUT2D eigenvalue weighted by Gasteiger charge is -2.40. The monoisotopic (exact) mass is 593 g/mol. The molecule has 0 N–H and O–H groups in total. The van der Waals surface area contributed by atoms with Gasteiger partial charge in [-0.2, -0.15) is 0 Å². The maximum atomic E-state index is 2.34. The number of nitrogens with zero attached hydrogens (tertiary/aromatic N) is 1. The van der Waals surface area contributed by atoms with E-state index in [1.54, 1.807) is 0 Å². The van der Waals surface area contributed by atoms with Crippen LogP contribution in [0.5, 0.6) is 0 Å². The Kier molecular flexibility index (Phi) is 32.4. The van der Waals surface area contributed by atoms with E-state index in [0.29, 0.717) is 0 Å². The van der Waals surface area contributed by atoms with Crippen LogP contribution in [0.2, 0.25) is 0 Å². The first-order valence-electron chi connectivity index (χ1n) is 16.1. The Morgan fingerprint density at radius 3 is 0.647 bits per heavy atom. The van der Waals surface area contributed by atoms with Crippen molar-refractivity contribution in [2.75, 3.05) is 26.2 Å². The maximum Gasteiger partial charge on any atom is 0.0786 e. The van der Waals surface area contributed by atoms with E-state index < -0.39 is 0 Å². The number of hydrogen-bond acceptors (Lipinski definition) is 0. The van der Waals surface area contributed by atoms with Gasteiger partial charge in [-0.1, -0.05) is 130 Å². The highest BCUT2D eigenvalue weighted by molar-refractivity contribution is 4.55. The summed E-state index contributed by atoms with van der Waals surface area (Å²) in [6, 6.07) is 0. The molecule has 0 aromatic rings. The van der Waals surface area contributed by atoms with Crippen molar-refractivity contribution in [2.45, 2.75) is 182 Å². The third kappa shape index (κ3) is 24.4. The minimum atomic E-state index is 0. The highest BCUT2D eigenvalue weighted by Crippen LogP contribution is 2.20. The lowest BCUT2D eigenvalue weighted by Crippen LogP contribution is -3.00. The van der Waals surface area contributed by atoms with Crippen LogP contribution in [0.15, 0.2) is 0 Å². The van der Waals surface area contributed by atoms with E-state index in [4.69, 9.17) is 0 Å². The number of halogens is 1. The minimum absolute atomic E-state index is 0. The fraction of sp³-hybridized carbons (Fsp3) is 1.00. The fourth-order valence-electron chi connectivity index (χ4n) is 5.58. The highest BCUT2D eigenvalue weighted by Gasteiger charge is 2.25. The molecule has 0 heterocycles. The van der Waals surface area contributed by atoms with E-state index in [2.05, 4.69) is 27.7 Å². The summed E-state index contributed by atoms with van der Waals surface area (Å²) in [7, 11) is 0. The Morgan fingerprint density at radius 1 is 0.265 bits per heavy atom. The standard InChI is InChI=1S/C32H68N.HI/c1-5-9-13-17-18-19-20-24-28-32-33(29-25-21-14-10-6-2,30-26-22-15-11-7-3)31-27-23-16-12-8-4;/h5-32H2,1-4H3;1H/q+1;/p-1. The molecular formula is C32H68IN. The van der Waals surface area contributed by atoms with Gasteiger partial charge < -0.3 is 28.5 Å². The van der Waals surface area contributed by atoms with Gasteiger partial charge in [-0.3, -0.25) is 0 Å². The first kappa shape index (κ1) is 36.8. The Bertz CT molecular complexity index is 321. The molecule has 2 heteroatoms. The van der Waals surface area contributed by atoms with Gasteiger partial charge in [0.2, 0.25) is 0 Å². The topological polar surface area (TPSA) is 0 Å². The Morgan fingerprint density at radius 2 is 0.441 bits per heavy atom. The summed E-state index contributed by atoms with van der Waals surface area (Å²) in [4.78, 5) is 0. The molecule has 0 saturated carbocycles. The third-order valence-electron chi connectivity index (χ3n) is 7.94. The zero-order valence-electron chi connectivity index (χ0n) is 24.6. The molecule has 0 saturated heterocycles. The van der Waals surface area contributed by atoms with Crippen LogP contribution in [-0.4, -0.2) is 30.7 Å². The largest absolute Gasteiger partial charge is 1.00 e. The van der Waals surface area contributed by atoms with Gasteiger partial charge in [0, 0.05) is 0 Å². The van der Waals surface area contributed by atoms with Gasteiger partial charge in [0.25, 0.3) is 0 Å². The molecule has 0 atom stereocenters. The molecule has 0 aliphatic rings. The second kappa shape index (κ2) is 29.9. The molecule has 1 nitrogen and oxygen atoms in total.